The average Bonchev–Trinajstić information content (AvgIpc) is 3.34. The lowest BCUT2D eigenvalue weighted by Crippen LogP contribution is -2.61. The summed E-state index contributed by atoms with van der Waals surface area (Å²) in [6.45, 7) is 1.92. The minimum atomic E-state index is -3.20. The normalized spacial score (nSPS) is 35.5. The first-order valence-corrected chi connectivity index (χ1v) is 15.1. The molecule has 0 radical (unpaired) electrons. The van der Waals surface area contributed by atoms with Gasteiger partial charge in [-0.15, -0.1) is 0 Å². The molecule has 192 valence electrons. The van der Waals surface area contributed by atoms with E-state index >= 15 is 0 Å². The van der Waals surface area contributed by atoms with Crippen molar-refractivity contribution < 1.29 is 18.3 Å². The molecule has 4 bridgehead atoms. The third kappa shape index (κ3) is 4.46. The van der Waals surface area contributed by atoms with E-state index in [0.717, 1.165) is 63.5 Å². The Morgan fingerprint density at radius 2 is 1.74 bits per heavy atom. The second-order valence-corrected chi connectivity index (χ2v) is 13.8. The Balaban J connectivity index is 1.22. The van der Waals surface area contributed by atoms with E-state index in [2.05, 4.69) is 10.3 Å². The molecule has 35 heavy (non-hydrogen) atoms. The maximum atomic E-state index is 13.6. The summed E-state index contributed by atoms with van der Waals surface area (Å²) in [5.41, 5.74) is 0.916. The second-order valence-electron chi connectivity index (χ2n) is 11.8. The summed E-state index contributed by atoms with van der Waals surface area (Å²) < 4.78 is 25.2. The lowest BCUT2D eigenvalue weighted by molar-refractivity contribution is -0.136. The number of sulfonamides is 1. The SMILES string of the molecule is CS(=O)(=O)N1CCN(c2ncc(C(=O)NC3C4CC5CC3CC(O)(C5)C4)c(C3CCCC3)n2)CC1. The number of aromatic nitrogens is 2. The van der Waals surface area contributed by atoms with E-state index in [4.69, 9.17) is 4.98 Å². The van der Waals surface area contributed by atoms with Crippen molar-refractivity contribution in [1.29, 1.82) is 0 Å². The van der Waals surface area contributed by atoms with Gasteiger partial charge in [0.05, 0.1) is 23.1 Å². The molecule has 1 aromatic heterocycles. The number of hydrogen-bond acceptors (Lipinski definition) is 7. The van der Waals surface area contributed by atoms with Crippen LogP contribution in [0.2, 0.25) is 0 Å². The van der Waals surface area contributed by atoms with Crippen LogP contribution in [0.5, 0.6) is 0 Å². The molecule has 1 aromatic rings. The van der Waals surface area contributed by atoms with Gasteiger partial charge in [0.25, 0.3) is 5.91 Å². The summed E-state index contributed by atoms with van der Waals surface area (Å²) in [5.74, 6) is 2.09. The number of hydrogen-bond donors (Lipinski definition) is 2. The van der Waals surface area contributed by atoms with Crippen LogP contribution in [0.4, 0.5) is 5.95 Å². The van der Waals surface area contributed by atoms with E-state index in [1.165, 1.54) is 10.6 Å². The van der Waals surface area contributed by atoms with Crippen LogP contribution in [-0.4, -0.2) is 77.8 Å². The van der Waals surface area contributed by atoms with Gasteiger partial charge in [0, 0.05) is 44.3 Å². The van der Waals surface area contributed by atoms with Crippen molar-refractivity contribution in [2.75, 3.05) is 37.3 Å². The molecule has 7 rings (SSSR count). The number of anilines is 1. The van der Waals surface area contributed by atoms with Gasteiger partial charge in [-0.05, 0) is 62.7 Å². The first-order chi connectivity index (χ1) is 16.7. The van der Waals surface area contributed by atoms with Crippen LogP contribution in [0.25, 0.3) is 0 Å². The molecule has 2 unspecified atom stereocenters. The molecule has 2 heterocycles. The highest BCUT2D eigenvalue weighted by molar-refractivity contribution is 7.88. The van der Waals surface area contributed by atoms with Crippen molar-refractivity contribution in [2.45, 2.75) is 75.3 Å². The molecule has 6 fully saturated rings. The minimum Gasteiger partial charge on any atom is -0.390 e. The Morgan fingerprint density at radius 3 is 2.34 bits per heavy atom. The molecule has 1 amide bonds. The van der Waals surface area contributed by atoms with Crippen LogP contribution in [0.15, 0.2) is 6.20 Å². The molecule has 5 saturated carbocycles. The minimum absolute atomic E-state index is 0.0789. The zero-order chi connectivity index (χ0) is 24.4. The van der Waals surface area contributed by atoms with Crippen molar-refractivity contribution in [1.82, 2.24) is 19.6 Å². The molecule has 10 heteroatoms. The topological polar surface area (TPSA) is 116 Å². The van der Waals surface area contributed by atoms with Crippen LogP contribution in [0.3, 0.4) is 0 Å². The summed E-state index contributed by atoms with van der Waals surface area (Å²) in [6.07, 6.45) is 12.0. The standard InChI is InChI=1S/C25H37N5O4S/c1-35(33,34)30-8-6-29(7-9-30)24-26-15-20(22(28-24)17-4-2-3-5-17)23(31)27-21-18-10-16-11-19(21)14-25(32,12-16)13-18/h15-19,21,32H,2-14H2,1H3,(H,27,31). The Morgan fingerprint density at radius 1 is 1.09 bits per heavy atom. The Hall–Kier alpha value is -1.78. The second kappa shape index (κ2) is 8.66. The van der Waals surface area contributed by atoms with Gasteiger partial charge in [0.15, 0.2) is 0 Å². The molecule has 2 atom stereocenters. The Bertz CT molecular complexity index is 1080. The van der Waals surface area contributed by atoms with Crippen LogP contribution < -0.4 is 10.2 Å². The molecule has 6 aliphatic rings. The third-order valence-corrected chi connectivity index (χ3v) is 10.6. The van der Waals surface area contributed by atoms with E-state index in [0.29, 0.717) is 55.4 Å². The van der Waals surface area contributed by atoms with Crippen molar-refractivity contribution >= 4 is 21.9 Å². The maximum Gasteiger partial charge on any atom is 0.254 e. The number of nitrogens with zero attached hydrogens (tertiary/aromatic N) is 4. The lowest BCUT2D eigenvalue weighted by atomic mass is 9.52. The Kier molecular flexibility index (Phi) is 5.84. The van der Waals surface area contributed by atoms with E-state index < -0.39 is 15.6 Å². The number of amides is 1. The van der Waals surface area contributed by atoms with Gasteiger partial charge in [-0.25, -0.2) is 18.4 Å². The number of aliphatic hydroxyl groups is 1. The van der Waals surface area contributed by atoms with Crippen molar-refractivity contribution in [3.63, 3.8) is 0 Å². The van der Waals surface area contributed by atoms with E-state index in [-0.39, 0.29) is 17.9 Å². The van der Waals surface area contributed by atoms with Gasteiger partial charge in [-0.2, -0.15) is 4.31 Å². The predicted octanol–water partition coefficient (Wildman–Crippen LogP) is 1.89. The molecule has 1 saturated heterocycles. The first kappa shape index (κ1) is 23.6. The maximum absolute atomic E-state index is 13.6. The van der Waals surface area contributed by atoms with Crippen LogP contribution in [0.1, 0.15) is 79.8 Å². The first-order valence-electron chi connectivity index (χ1n) is 13.3. The number of rotatable bonds is 5. The van der Waals surface area contributed by atoms with Gasteiger partial charge in [-0.1, -0.05) is 12.8 Å². The molecule has 0 spiro atoms. The molecular weight excluding hydrogens is 466 g/mol. The van der Waals surface area contributed by atoms with E-state index in [9.17, 15) is 18.3 Å². The summed E-state index contributed by atoms with van der Waals surface area (Å²) in [6, 6.07) is 0.125. The summed E-state index contributed by atoms with van der Waals surface area (Å²) in [4.78, 5) is 25.1. The van der Waals surface area contributed by atoms with Crippen LogP contribution in [-0.2, 0) is 10.0 Å². The molecule has 1 aliphatic heterocycles. The molecule has 2 N–H and O–H groups in total. The monoisotopic (exact) mass is 503 g/mol. The molecule has 9 nitrogen and oxygen atoms in total. The summed E-state index contributed by atoms with van der Waals surface area (Å²) in [7, 11) is -3.20. The largest absolute Gasteiger partial charge is 0.390 e. The van der Waals surface area contributed by atoms with Gasteiger partial charge in [0.1, 0.15) is 0 Å². The van der Waals surface area contributed by atoms with Gasteiger partial charge >= 0.3 is 0 Å². The third-order valence-electron chi connectivity index (χ3n) is 9.32. The van der Waals surface area contributed by atoms with Gasteiger partial charge < -0.3 is 15.3 Å². The van der Waals surface area contributed by atoms with Crippen molar-refractivity contribution in [3.8, 4) is 0 Å². The molecular formula is C25H37N5O4S. The number of carbonyl (C=O) groups is 1. The van der Waals surface area contributed by atoms with E-state index in [1.807, 2.05) is 4.90 Å². The van der Waals surface area contributed by atoms with Gasteiger partial charge in [0.2, 0.25) is 16.0 Å². The fourth-order valence-electron chi connectivity index (χ4n) is 7.89. The zero-order valence-corrected chi connectivity index (χ0v) is 21.3. The quantitative estimate of drug-likeness (QED) is 0.630. The van der Waals surface area contributed by atoms with E-state index in [1.54, 1.807) is 6.20 Å². The average molecular weight is 504 g/mol. The highest BCUT2D eigenvalue weighted by atomic mass is 32.2. The van der Waals surface area contributed by atoms with Crippen molar-refractivity contribution in [3.05, 3.63) is 17.5 Å². The van der Waals surface area contributed by atoms with Crippen LogP contribution in [0, 0.1) is 17.8 Å². The smallest absolute Gasteiger partial charge is 0.254 e. The number of nitrogens with one attached hydrogen (secondary N) is 1. The summed E-state index contributed by atoms with van der Waals surface area (Å²) in [5, 5.41) is 14.3. The van der Waals surface area contributed by atoms with Gasteiger partial charge in [-0.3, -0.25) is 4.79 Å². The highest BCUT2D eigenvalue weighted by Crippen LogP contribution is 2.55. The summed E-state index contributed by atoms with van der Waals surface area (Å²) >= 11 is 0. The number of carbonyl (C=O) groups excluding carboxylic acids is 1. The number of piperazine rings is 1. The predicted molar refractivity (Wildman–Crippen MR) is 132 cm³/mol. The zero-order valence-electron chi connectivity index (χ0n) is 20.5. The van der Waals surface area contributed by atoms with Crippen molar-refractivity contribution in [2.24, 2.45) is 17.8 Å². The molecule has 5 aliphatic carbocycles. The van der Waals surface area contributed by atoms with Crippen LogP contribution >= 0.6 is 0 Å². The fourth-order valence-corrected chi connectivity index (χ4v) is 8.72. The highest BCUT2D eigenvalue weighted by Gasteiger charge is 2.55. The molecule has 0 aromatic carbocycles. The Labute approximate surface area is 207 Å². The fraction of sp³-hybridized carbons (Fsp3) is 0.800. The lowest BCUT2D eigenvalue weighted by Gasteiger charge is -2.58.